The van der Waals surface area contributed by atoms with Crippen molar-refractivity contribution in [2.75, 3.05) is 19.0 Å². The predicted octanol–water partition coefficient (Wildman–Crippen LogP) is 5.68. The molecule has 7 nitrogen and oxygen atoms in total. The van der Waals surface area contributed by atoms with Crippen molar-refractivity contribution in [2.45, 2.75) is 50.4 Å². The van der Waals surface area contributed by atoms with Crippen molar-refractivity contribution in [3.05, 3.63) is 71.6 Å². The highest BCUT2D eigenvalue weighted by molar-refractivity contribution is 7.99. The second kappa shape index (κ2) is 11.0. The standard InChI is InChI=1S/C26H30N4O3S2/c1-3-12-30-23(15-28-25(30)34-4-2)20-7-9-21(10-8-20)31-16-22-17-32-26(33-22,24-6-5-14-35-24)18-29-13-11-27-19-29/h5-11,13-15,19,22H,3-4,12,16-18H2,1-2H3. The number of ether oxygens (including phenoxy) is 3. The lowest BCUT2D eigenvalue weighted by Crippen LogP contribution is -2.33. The summed E-state index contributed by atoms with van der Waals surface area (Å²) in [4.78, 5) is 9.83. The van der Waals surface area contributed by atoms with Crippen molar-refractivity contribution in [2.24, 2.45) is 0 Å². The van der Waals surface area contributed by atoms with Gasteiger partial charge in [-0.25, -0.2) is 9.97 Å². The molecule has 2 atom stereocenters. The summed E-state index contributed by atoms with van der Waals surface area (Å²) in [7, 11) is 0. The van der Waals surface area contributed by atoms with E-state index in [1.807, 2.05) is 40.5 Å². The van der Waals surface area contributed by atoms with Crippen LogP contribution in [0, 0.1) is 0 Å². The van der Waals surface area contributed by atoms with Crippen LogP contribution in [0.2, 0.25) is 0 Å². The number of imidazole rings is 2. The molecule has 0 aliphatic carbocycles. The lowest BCUT2D eigenvalue weighted by molar-refractivity contribution is -0.186. The molecular weight excluding hydrogens is 480 g/mol. The van der Waals surface area contributed by atoms with Crippen LogP contribution < -0.4 is 4.74 Å². The third-order valence-electron chi connectivity index (χ3n) is 5.83. The summed E-state index contributed by atoms with van der Waals surface area (Å²) in [6.45, 7) is 6.74. The van der Waals surface area contributed by atoms with Gasteiger partial charge >= 0.3 is 0 Å². The zero-order valence-electron chi connectivity index (χ0n) is 20.0. The third-order valence-corrected chi connectivity index (χ3v) is 7.70. The Bertz CT molecular complexity index is 1190. The molecule has 0 bridgehead atoms. The molecule has 1 saturated heterocycles. The summed E-state index contributed by atoms with van der Waals surface area (Å²) in [6.07, 6.45) is 8.34. The van der Waals surface area contributed by atoms with E-state index in [4.69, 9.17) is 14.2 Å². The number of nitrogens with zero attached hydrogens (tertiary/aromatic N) is 4. The smallest absolute Gasteiger partial charge is 0.223 e. The molecule has 0 amide bonds. The molecule has 1 aliphatic rings. The van der Waals surface area contributed by atoms with E-state index in [1.54, 1.807) is 35.6 Å². The number of aromatic nitrogens is 4. The van der Waals surface area contributed by atoms with Gasteiger partial charge in [0, 0.05) is 24.5 Å². The average molecular weight is 511 g/mol. The van der Waals surface area contributed by atoms with Crippen LogP contribution in [-0.2, 0) is 28.4 Å². The summed E-state index contributed by atoms with van der Waals surface area (Å²) >= 11 is 3.41. The molecule has 1 fully saturated rings. The monoisotopic (exact) mass is 510 g/mol. The van der Waals surface area contributed by atoms with E-state index in [1.165, 1.54) is 0 Å². The summed E-state index contributed by atoms with van der Waals surface area (Å²) in [5.74, 6) is 1.000. The molecule has 1 aliphatic heterocycles. The molecule has 1 aromatic carbocycles. The largest absolute Gasteiger partial charge is 0.491 e. The Morgan fingerprint density at radius 2 is 2.11 bits per heavy atom. The molecule has 4 heterocycles. The summed E-state index contributed by atoms with van der Waals surface area (Å²) in [5, 5.41) is 3.12. The van der Waals surface area contributed by atoms with Crippen LogP contribution in [-0.4, -0.2) is 44.2 Å². The molecule has 0 N–H and O–H groups in total. The maximum Gasteiger partial charge on any atom is 0.223 e. The lowest BCUT2D eigenvalue weighted by atomic mass is 10.1. The first-order valence-electron chi connectivity index (χ1n) is 11.9. The van der Waals surface area contributed by atoms with Crippen LogP contribution in [0.1, 0.15) is 25.1 Å². The van der Waals surface area contributed by atoms with Crippen LogP contribution in [0.4, 0.5) is 0 Å². The number of hydrogen-bond acceptors (Lipinski definition) is 7. The first-order valence-corrected chi connectivity index (χ1v) is 13.8. The van der Waals surface area contributed by atoms with E-state index in [2.05, 4.69) is 46.6 Å². The van der Waals surface area contributed by atoms with Gasteiger partial charge in [-0.3, -0.25) is 0 Å². The second-order valence-corrected chi connectivity index (χ2v) is 10.5. The Balaban J connectivity index is 1.24. The van der Waals surface area contributed by atoms with Crippen LogP contribution >= 0.6 is 23.1 Å². The van der Waals surface area contributed by atoms with Gasteiger partial charge in [-0.2, -0.15) is 0 Å². The normalized spacial score (nSPS) is 19.9. The minimum absolute atomic E-state index is 0.167. The summed E-state index contributed by atoms with van der Waals surface area (Å²) in [5.41, 5.74) is 2.28. The van der Waals surface area contributed by atoms with Gasteiger partial charge in [0.15, 0.2) is 5.16 Å². The highest BCUT2D eigenvalue weighted by Crippen LogP contribution is 2.38. The van der Waals surface area contributed by atoms with Crippen LogP contribution in [0.5, 0.6) is 5.75 Å². The molecule has 0 spiro atoms. The zero-order chi connectivity index (χ0) is 24.1. The Morgan fingerprint density at radius 1 is 1.23 bits per heavy atom. The van der Waals surface area contributed by atoms with Crippen LogP contribution in [0.25, 0.3) is 11.3 Å². The molecule has 5 rings (SSSR count). The summed E-state index contributed by atoms with van der Waals surface area (Å²) in [6, 6.07) is 12.3. The van der Waals surface area contributed by atoms with Gasteiger partial charge in [0.2, 0.25) is 5.79 Å². The topological polar surface area (TPSA) is 63.3 Å². The van der Waals surface area contributed by atoms with Crippen molar-refractivity contribution in [3.8, 4) is 17.0 Å². The van der Waals surface area contributed by atoms with Gasteiger partial charge in [-0.15, -0.1) is 11.3 Å². The zero-order valence-corrected chi connectivity index (χ0v) is 21.6. The fourth-order valence-electron chi connectivity index (χ4n) is 4.24. The lowest BCUT2D eigenvalue weighted by Gasteiger charge is -2.27. The molecule has 184 valence electrons. The van der Waals surface area contributed by atoms with Crippen LogP contribution in [0.3, 0.4) is 0 Å². The van der Waals surface area contributed by atoms with E-state index in [0.29, 0.717) is 19.8 Å². The number of rotatable bonds is 11. The minimum Gasteiger partial charge on any atom is -0.491 e. The molecule has 0 radical (unpaired) electrons. The Kier molecular flexibility index (Phi) is 7.57. The fourth-order valence-corrected chi connectivity index (χ4v) is 5.78. The van der Waals surface area contributed by atoms with Gasteiger partial charge in [0.05, 0.1) is 36.2 Å². The highest BCUT2D eigenvalue weighted by atomic mass is 32.2. The van der Waals surface area contributed by atoms with Crippen molar-refractivity contribution in [1.29, 1.82) is 0 Å². The molecule has 35 heavy (non-hydrogen) atoms. The first-order chi connectivity index (χ1) is 17.2. The van der Waals surface area contributed by atoms with Gasteiger partial charge in [-0.05, 0) is 47.9 Å². The molecule has 9 heteroatoms. The Hall–Kier alpha value is -2.59. The van der Waals surface area contributed by atoms with Crippen LogP contribution in [0.15, 0.2) is 71.9 Å². The number of thiophene rings is 1. The maximum atomic E-state index is 6.45. The highest BCUT2D eigenvalue weighted by Gasteiger charge is 2.44. The first kappa shape index (κ1) is 24.1. The van der Waals surface area contributed by atoms with E-state index in [0.717, 1.165) is 45.8 Å². The molecular formula is C26H30N4O3S2. The van der Waals surface area contributed by atoms with Gasteiger partial charge < -0.3 is 23.3 Å². The quantitative estimate of drug-likeness (QED) is 0.242. The number of benzene rings is 1. The second-order valence-electron chi connectivity index (χ2n) is 8.36. The summed E-state index contributed by atoms with van der Waals surface area (Å²) < 4.78 is 23.1. The van der Waals surface area contributed by atoms with Gasteiger partial charge in [0.1, 0.15) is 18.5 Å². The molecule has 0 saturated carbocycles. The van der Waals surface area contributed by atoms with Gasteiger partial charge in [-0.1, -0.05) is 31.7 Å². The molecule has 4 aromatic rings. The Labute approximate surface area is 214 Å². The molecule has 2 unspecified atom stereocenters. The predicted molar refractivity (Wildman–Crippen MR) is 139 cm³/mol. The number of hydrogen-bond donors (Lipinski definition) is 0. The van der Waals surface area contributed by atoms with Crippen molar-refractivity contribution < 1.29 is 14.2 Å². The van der Waals surface area contributed by atoms with Gasteiger partial charge in [0.25, 0.3) is 0 Å². The van der Waals surface area contributed by atoms with Crippen molar-refractivity contribution in [1.82, 2.24) is 19.1 Å². The van der Waals surface area contributed by atoms with E-state index < -0.39 is 5.79 Å². The third kappa shape index (κ3) is 5.33. The SMILES string of the molecule is CCCn1c(-c2ccc(OCC3COC(Cn4ccnc4)(c4cccs4)O3)cc2)cnc1SCC. The number of thioether (sulfide) groups is 1. The average Bonchev–Trinajstić information content (AvgIpc) is 3.68. The van der Waals surface area contributed by atoms with Crippen molar-refractivity contribution >= 4 is 23.1 Å². The Morgan fingerprint density at radius 3 is 2.83 bits per heavy atom. The molecule has 3 aromatic heterocycles. The maximum absolute atomic E-state index is 6.45. The van der Waals surface area contributed by atoms with E-state index >= 15 is 0 Å². The van der Waals surface area contributed by atoms with E-state index in [-0.39, 0.29) is 6.10 Å². The van der Waals surface area contributed by atoms with E-state index in [9.17, 15) is 0 Å². The van der Waals surface area contributed by atoms with Crippen molar-refractivity contribution in [3.63, 3.8) is 0 Å². The minimum atomic E-state index is -0.821. The fraction of sp³-hybridized carbons (Fsp3) is 0.385.